The smallest absolute Gasteiger partial charge is 0.115 e. The van der Waals surface area contributed by atoms with E-state index in [9.17, 15) is 10.2 Å². The van der Waals surface area contributed by atoms with Crippen LogP contribution in [-0.2, 0) is 19.7 Å². The Balaban J connectivity index is 2.10. The maximum atomic E-state index is 9.50. The maximum absolute atomic E-state index is 9.50. The molecule has 3 heteroatoms. The predicted molar refractivity (Wildman–Crippen MR) is 85.0 cm³/mol. The molecule has 0 saturated carbocycles. The minimum absolute atomic E-state index is 0.0498. The minimum atomic E-state index is -0.0498. The average Bonchev–Trinajstić information content (AvgIpc) is 2.50. The molecule has 0 saturated heterocycles. The highest BCUT2D eigenvalue weighted by Gasteiger charge is 2.09. The number of aliphatic hydroxyl groups is 1. The highest BCUT2D eigenvalue weighted by molar-refractivity contribution is 5.34. The van der Waals surface area contributed by atoms with E-state index in [2.05, 4.69) is 43.0 Å². The van der Waals surface area contributed by atoms with Crippen molar-refractivity contribution in [2.24, 2.45) is 0 Å². The van der Waals surface area contributed by atoms with E-state index in [1.165, 1.54) is 11.1 Å². The molecular weight excluding hydrogens is 262 g/mol. The van der Waals surface area contributed by atoms with Crippen LogP contribution in [-0.4, -0.2) is 21.7 Å². The molecule has 0 unspecified atom stereocenters. The first-order valence-corrected chi connectivity index (χ1v) is 7.32. The molecule has 21 heavy (non-hydrogen) atoms. The number of aromatic hydroxyl groups is 1. The number of rotatable bonds is 6. The summed E-state index contributed by atoms with van der Waals surface area (Å²) in [6.07, 6.45) is 0. The lowest BCUT2D eigenvalue weighted by Crippen LogP contribution is -2.23. The molecule has 0 fully saturated rings. The monoisotopic (exact) mass is 285 g/mol. The standard InChI is InChI=1S/C18H23NO2/c1-3-19(11-15-6-4-14(2)5-7-15)12-16-8-9-18(21)10-17(16)13-20/h4-10,20-21H,3,11-13H2,1-2H3. The largest absolute Gasteiger partial charge is 0.508 e. The second-order valence-electron chi connectivity index (χ2n) is 5.40. The number of aliphatic hydroxyl groups excluding tert-OH is 1. The molecule has 0 aliphatic rings. The van der Waals surface area contributed by atoms with Crippen molar-refractivity contribution < 1.29 is 10.2 Å². The van der Waals surface area contributed by atoms with Gasteiger partial charge in [-0.15, -0.1) is 0 Å². The van der Waals surface area contributed by atoms with E-state index in [0.29, 0.717) is 0 Å². The van der Waals surface area contributed by atoms with Gasteiger partial charge in [0.15, 0.2) is 0 Å². The molecule has 0 aromatic heterocycles. The summed E-state index contributed by atoms with van der Waals surface area (Å²) in [6.45, 7) is 6.74. The number of benzene rings is 2. The number of hydrogen-bond donors (Lipinski definition) is 2. The zero-order chi connectivity index (χ0) is 15.2. The summed E-state index contributed by atoms with van der Waals surface area (Å²) in [7, 11) is 0. The summed E-state index contributed by atoms with van der Waals surface area (Å²) < 4.78 is 0. The Labute approximate surface area is 126 Å². The van der Waals surface area contributed by atoms with Crippen molar-refractivity contribution in [1.29, 1.82) is 0 Å². The quantitative estimate of drug-likeness (QED) is 0.856. The number of aryl methyl sites for hydroxylation is 1. The van der Waals surface area contributed by atoms with E-state index in [-0.39, 0.29) is 12.4 Å². The summed E-state index contributed by atoms with van der Waals surface area (Å²) in [5, 5.41) is 18.9. The molecule has 0 aliphatic heterocycles. The van der Waals surface area contributed by atoms with E-state index in [1.807, 2.05) is 6.07 Å². The molecule has 2 rings (SSSR count). The van der Waals surface area contributed by atoms with Crippen LogP contribution in [0.5, 0.6) is 5.75 Å². The van der Waals surface area contributed by atoms with Gasteiger partial charge in [-0.05, 0) is 42.3 Å². The van der Waals surface area contributed by atoms with Gasteiger partial charge in [0.2, 0.25) is 0 Å². The van der Waals surface area contributed by atoms with Crippen LogP contribution in [0.4, 0.5) is 0 Å². The molecule has 2 N–H and O–H groups in total. The lowest BCUT2D eigenvalue weighted by Gasteiger charge is -2.22. The fourth-order valence-corrected chi connectivity index (χ4v) is 2.39. The van der Waals surface area contributed by atoms with Crippen LogP contribution in [0.25, 0.3) is 0 Å². The minimum Gasteiger partial charge on any atom is -0.508 e. The van der Waals surface area contributed by atoms with Crippen LogP contribution in [0.3, 0.4) is 0 Å². The summed E-state index contributed by atoms with van der Waals surface area (Å²) >= 11 is 0. The van der Waals surface area contributed by atoms with Crippen LogP contribution in [0.2, 0.25) is 0 Å². The van der Waals surface area contributed by atoms with E-state index < -0.39 is 0 Å². The zero-order valence-electron chi connectivity index (χ0n) is 12.7. The lowest BCUT2D eigenvalue weighted by molar-refractivity contribution is 0.257. The molecule has 0 heterocycles. The van der Waals surface area contributed by atoms with Gasteiger partial charge in [0.1, 0.15) is 5.75 Å². The van der Waals surface area contributed by atoms with Gasteiger partial charge in [0.05, 0.1) is 6.61 Å². The number of phenolic OH excluding ortho intramolecular Hbond substituents is 1. The molecule has 0 spiro atoms. The third-order valence-corrected chi connectivity index (χ3v) is 3.73. The topological polar surface area (TPSA) is 43.7 Å². The lowest BCUT2D eigenvalue weighted by atomic mass is 10.1. The van der Waals surface area contributed by atoms with Gasteiger partial charge >= 0.3 is 0 Å². The van der Waals surface area contributed by atoms with E-state index in [0.717, 1.165) is 30.8 Å². The first-order chi connectivity index (χ1) is 10.1. The molecular formula is C18H23NO2. The fourth-order valence-electron chi connectivity index (χ4n) is 2.39. The Morgan fingerprint density at radius 3 is 2.29 bits per heavy atom. The van der Waals surface area contributed by atoms with Crippen molar-refractivity contribution >= 4 is 0 Å². The third kappa shape index (κ3) is 4.31. The van der Waals surface area contributed by atoms with Crippen molar-refractivity contribution in [2.75, 3.05) is 6.54 Å². The first kappa shape index (κ1) is 15.5. The molecule has 0 aliphatic carbocycles. The summed E-state index contributed by atoms with van der Waals surface area (Å²) in [4.78, 5) is 2.32. The predicted octanol–water partition coefficient (Wildman–Crippen LogP) is 3.22. The molecule has 0 bridgehead atoms. The van der Waals surface area contributed by atoms with Gasteiger partial charge < -0.3 is 10.2 Å². The Morgan fingerprint density at radius 2 is 1.67 bits per heavy atom. The van der Waals surface area contributed by atoms with Crippen molar-refractivity contribution in [2.45, 2.75) is 33.5 Å². The number of hydrogen-bond acceptors (Lipinski definition) is 3. The van der Waals surface area contributed by atoms with Crippen LogP contribution < -0.4 is 0 Å². The third-order valence-electron chi connectivity index (χ3n) is 3.73. The van der Waals surface area contributed by atoms with Crippen molar-refractivity contribution in [3.05, 3.63) is 64.7 Å². The van der Waals surface area contributed by atoms with Gasteiger partial charge in [-0.2, -0.15) is 0 Å². The Hall–Kier alpha value is -1.84. The van der Waals surface area contributed by atoms with Crippen molar-refractivity contribution in [3.63, 3.8) is 0 Å². The Kier molecular flexibility index (Phi) is 5.37. The van der Waals surface area contributed by atoms with Gasteiger partial charge in [0.25, 0.3) is 0 Å². The number of nitrogens with zero attached hydrogens (tertiary/aromatic N) is 1. The van der Waals surface area contributed by atoms with Gasteiger partial charge in [-0.25, -0.2) is 0 Å². The second kappa shape index (κ2) is 7.25. The molecule has 2 aromatic carbocycles. The molecule has 3 nitrogen and oxygen atoms in total. The summed E-state index contributed by atoms with van der Waals surface area (Å²) in [5.74, 6) is 0.199. The highest BCUT2D eigenvalue weighted by Crippen LogP contribution is 2.19. The highest BCUT2D eigenvalue weighted by atomic mass is 16.3. The van der Waals surface area contributed by atoms with E-state index in [4.69, 9.17) is 0 Å². The molecule has 0 atom stereocenters. The van der Waals surface area contributed by atoms with Crippen molar-refractivity contribution in [3.8, 4) is 5.75 Å². The van der Waals surface area contributed by atoms with Crippen LogP contribution >= 0.6 is 0 Å². The van der Waals surface area contributed by atoms with Crippen LogP contribution in [0, 0.1) is 6.92 Å². The molecule has 112 valence electrons. The van der Waals surface area contributed by atoms with Crippen LogP contribution in [0.1, 0.15) is 29.2 Å². The van der Waals surface area contributed by atoms with Crippen LogP contribution in [0.15, 0.2) is 42.5 Å². The first-order valence-electron chi connectivity index (χ1n) is 7.32. The molecule has 2 aromatic rings. The van der Waals surface area contributed by atoms with E-state index >= 15 is 0 Å². The second-order valence-corrected chi connectivity index (χ2v) is 5.40. The maximum Gasteiger partial charge on any atom is 0.115 e. The van der Waals surface area contributed by atoms with E-state index in [1.54, 1.807) is 12.1 Å². The van der Waals surface area contributed by atoms with Crippen molar-refractivity contribution in [1.82, 2.24) is 4.90 Å². The van der Waals surface area contributed by atoms with Gasteiger partial charge in [0, 0.05) is 13.1 Å². The average molecular weight is 285 g/mol. The molecule has 0 radical (unpaired) electrons. The normalized spacial score (nSPS) is 11.0. The zero-order valence-corrected chi connectivity index (χ0v) is 12.7. The summed E-state index contributed by atoms with van der Waals surface area (Å²) in [6, 6.07) is 13.8. The van der Waals surface area contributed by atoms with Gasteiger partial charge in [-0.1, -0.05) is 42.8 Å². The SMILES string of the molecule is CCN(Cc1ccc(C)cc1)Cc1ccc(O)cc1CO. The molecule has 0 amide bonds. The Bertz CT molecular complexity index is 578. The Morgan fingerprint density at radius 1 is 0.952 bits per heavy atom. The van der Waals surface area contributed by atoms with Gasteiger partial charge in [-0.3, -0.25) is 4.90 Å². The fraction of sp³-hybridized carbons (Fsp3) is 0.333. The number of phenols is 1. The summed E-state index contributed by atoms with van der Waals surface area (Å²) in [5.41, 5.74) is 4.40.